The molecule has 3 aromatic rings. The number of anilines is 1. The first-order chi connectivity index (χ1) is 15.2. The Morgan fingerprint density at radius 1 is 1.38 bits per heavy atom. The van der Waals surface area contributed by atoms with Crippen LogP contribution in [0.25, 0.3) is 11.0 Å². The normalized spacial score (nSPS) is 32.0. The Balaban J connectivity index is 1.37. The highest BCUT2D eigenvalue weighted by Gasteiger charge is 2.57. The standard InChI is InChI=1S/C18H18FN4O8P/c19-18(8-29-32(27)28-7-9-3-1-2-4-11(9)31-32)13(25)12(24)16(30-18)23-6-5-10-14(23)21-17(20)22-15(10)26/h1-6,12-13,16,24-25H,7-8H2,(H3,20,21,22,26)/t12-,13+,16-,18-,32?/m1/s1. The summed E-state index contributed by atoms with van der Waals surface area (Å²) in [4.78, 5) is 18.3. The average Bonchev–Trinajstić information content (AvgIpc) is 3.27. The molecule has 1 aromatic carbocycles. The number of aliphatic hydroxyl groups is 2. The first-order valence-corrected chi connectivity index (χ1v) is 10.9. The first-order valence-electron chi connectivity index (χ1n) is 9.45. The molecule has 5 rings (SSSR count). The number of nitrogen functional groups attached to an aromatic ring is 1. The zero-order chi connectivity index (χ0) is 22.7. The van der Waals surface area contributed by atoms with Gasteiger partial charge in [-0.15, -0.1) is 0 Å². The number of aromatic nitrogens is 3. The lowest BCUT2D eigenvalue weighted by atomic mass is 10.1. The molecule has 4 heterocycles. The number of aromatic amines is 1. The molecule has 32 heavy (non-hydrogen) atoms. The van der Waals surface area contributed by atoms with Gasteiger partial charge in [-0.2, -0.15) is 4.98 Å². The average molecular weight is 468 g/mol. The highest BCUT2D eigenvalue weighted by molar-refractivity contribution is 7.49. The number of ether oxygens (including phenoxy) is 1. The molecule has 1 unspecified atom stereocenters. The summed E-state index contributed by atoms with van der Waals surface area (Å²) in [5.74, 6) is -2.92. The van der Waals surface area contributed by atoms with Crippen molar-refractivity contribution in [3.8, 4) is 5.75 Å². The quantitative estimate of drug-likeness (QED) is 0.404. The summed E-state index contributed by atoms with van der Waals surface area (Å²) in [6, 6.07) is 8.02. The molecular formula is C18H18FN4O8P. The summed E-state index contributed by atoms with van der Waals surface area (Å²) in [5, 5.41) is 20.9. The molecule has 0 radical (unpaired) electrons. The van der Waals surface area contributed by atoms with Crippen LogP contribution in [0.4, 0.5) is 10.3 Å². The van der Waals surface area contributed by atoms with Gasteiger partial charge in [0.05, 0.1) is 12.0 Å². The molecule has 0 amide bonds. The smallest absolute Gasteiger partial charge is 0.404 e. The number of alkyl halides is 1. The largest absolute Gasteiger partial charge is 0.530 e. The van der Waals surface area contributed by atoms with Gasteiger partial charge in [0.2, 0.25) is 5.95 Å². The fraction of sp³-hybridized carbons (Fsp3) is 0.333. The first kappa shape index (κ1) is 21.1. The Bertz CT molecular complexity index is 1300. The fourth-order valence-corrected chi connectivity index (χ4v) is 4.83. The summed E-state index contributed by atoms with van der Waals surface area (Å²) in [5.41, 5.74) is 5.66. The van der Waals surface area contributed by atoms with Crippen molar-refractivity contribution in [1.29, 1.82) is 0 Å². The molecule has 2 aliphatic rings. The summed E-state index contributed by atoms with van der Waals surface area (Å²) in [6.07, 6.45) is -4.03. The molecule has 0 saturated carbocycles. The predicted molar refractivity (Wildman–Crippen MR) is 106 cm³/mol. The molecule has 0 bridgehead atoms. The van der Waals surface area contributed by atoms with E-state index in [-0.39, 0.29) is 29.3 Å². The number of para-hydroxylation sites is 1. The maximum absolute atomic E-state index is 15.5. The van der Waals surface area contributed by atoms with E-state index < -0.39 is 44.3 Å². The van der Waals surface area contributed by atoms with Crippen LogP contribution in [-0.4, -0.2) is 49.4 Å². The number of nitrogens with two attached hydrogens (primary N) is 1. The van der Waals surface area contributed by atoms with Crippen LogP contribution in [0.1, 0.15) is 11.8 Å². The number of phosphoric acid groups is 1. The molecule has 5 atom stereocenters. The number of rotatable bonds is 4. The number of H-pyrrole nitrogens is 1. The number of aliphatic hydroxyl groups excluding tert-OH is 2. The minimum atomic E-state index is -4.21. The van der Waals surface area contributed by atoms with Crippen molar-refractivity contribution in [3.05, 3.63) is 52.4 Å². The molecule has 12 nitrogen and oxygen atoms in total. The number of fused-ring (bicyclic) bond motifs is 2. The second-order valence-electron chi connectivity index (χ2n) is 7.33. The summed E-state index contributed by atoms with van der Waals surface area (Å²) in [7, 11) is -4.21. The summed E-state index contributed by atoms with van der Waals surface area (Å²) >= 11 is 0. The van der Waals surface area contributed by atoms with Crippen molar-refractivity contribution in [2.45, 2.75) is 30.9 Å². The number of nitrogens with zero attached hydrogens (tertiary/aromatic N) is 2. The molecule has 170 valence electrons. The van der Waals surface area contributed by atoms with Gasteiger partial charge in [-0.05, 0) is 12.1 Å². The Morgan fingerprint density at radius 2 is 2.16 bits per heavy atom. The summed E-state index contributed by atoms with van der Waals surface area (Å²) in [6.45, 7) is -1.16. The van der Waals surface area contributed by atoms with Gasteiger partial charge in [0, 0.05) is 11.8 Å². The lowest BCUT2D eigenvalue weighted by Crippen LogP contribution is -2.43. The van der Waals surface area contributed by atoms with Crippen molar-refractivity contribution in [2.75, 3.05) is 12.3 Å². The lowest BCUT2D eigenvalue weighted by molar-refractivity contribution is -0.204. The molecule has 1 fully saturated rings. The Labute approximate surface area is 178 Å². The van der Waals surface area contributed by atoms with E-state index in [1.54, 1.807) is 24.3 Å². The van der Waals surface area contributed by atoms with Crippen molar-refractivity contribution >= 4 is 24.8 Å². The van der Waals surface area contributed by atoms with Gasteiger partial charge in [-0.3, -0.25) is 18.8 Å². The Kier molecular flexibility index (Phi) is 4.85. The minimum Gasteiger partial charge on any atom is -0.404 e. The lowest BCUT2D eigenvalue weighted by Gasteiger charge is -2.28. The van der Waals surface area contributed by atoms with Crippen molar-refractivity contribution in [1.82, 2.24) is 14.5 Å². The van der Waals surface area contributed by atoms with E-state index in [2.05, 4.69) is 9.97 Å². The van der Waals surface area contributed by atoms with E-state index in [1.165, 1.54) is 12.3 Å². The van der Waals surface area contributed by atoms with E-state index >= 15 is 4.39 Å². The molecule has 0 aliphatic carbocycles. The van der Waals surface area contributed by atoms with Crippen LogP contribution < -0.4 is 15.8 Å². The topological polar surface area (TPSA) is 171 Å². The molecule has 1 saturated heterocycles. The Hall–Kier alpha value is -2.80. The molecular weight excluding hydrogens is 450 g/mol. The van der Waals surface area contributed by atoms with Crippen molar-refractivity contribution in [2.24, 2.45) is 0 Å². The number of hydrogen-bond donors (Lipinski definition) is 4. The highest BCUT2D eigenvalue weighted by atomic mass is 31.2. The van der Waals surface area contributed by atoms with Crippen LogP contribution in [0, 0.1) is 0 Å². The van der Waals surface area contributed by atoms with E-state index in [1.807, 2.05) is 0 Å². The SMILES string of the molecule is Nc1nc2c(ccn2[C@@H]2O[C@](F)(COP3(=O)OCc4ccccc4O3)[C@@H](O)[C@H]2O)c(=O)[nH]1. The van der Waals surface area contributed by atoms with E-state index in [0.29, 0.717) is 5.56 Å². The Morgan fingerprint density at radius 3 is 2.97 bits per heavy atom. The molecule has 5 N–H and O–H groups in total. The predicted octanol–water partition coefficient (Wildman–Crippen LogP) is 0.957. The molecule has 2 aliphatic heterocycles. The number of hydrogen-bond acceptors (Lipinski definition) is 10. The van der Waals surface area contributed by atoms with Gasteiger partial charge >= 0.3 is 7.82 Å². The van der Waals surface area contributed by atoms with Gasteiger partial charge in [0.1, 0.15) is 24.6 Å². The third-order valence-corrected chi connectivity index (χ3v) is 6.54. The van der Waals surface area contributed by atoms with Crippen LogP contribution in [-0.2, 0) is 25.0 Å². The van der Waals surface area contributed by atoms with Gasteiger partial charge in [-0.25, -0.2) is 8.96 Å². The van der Waals surface area contributed by atoms with Crippen LogP contribution in [0.2, 0.25) is 0 Å². The van der Waals surface area contributed by atoms with Crippen LogP contribution in [0.3, 0.4) is 0 Å². The monoisotopic (exact) mass is 468 g/mol. The maximum atomic E-state index is 15.5. The third kappa shape index (κ3) is 3.39. The van der Waals surface area contributed by atoms with E-state index in [0.717, 1.165) is 4.57 Å². The zero-order valence-electron chi connectivity index (χ0n) is 16.3. The van der Waals surface area contributed by atoms with Crippen LogP contribution in [0.5, 0.6) is 5.75 Å². The van der Waals surface area contributed by atoms with Gasteiger partial charge in [0.15, 0.2) is 11.9 Å². The number of nitrogens with one attached hydrogen (secondary N) is 1. The highest BCUT2D eigenvalue weighted by Crippen LogP contribution is 2.55. The zero-order valence-corrected chi connectivity index (χ0v) is 17.1. The van der Waals surface area contributed by atoms with Gasteiger partial charge in [-0.1, -0.05) is 18.2 Å². The molecule has 0 spiro atoms. The van der Waals surface area contributed by atoms with Crippen molar-refractivity contribution < 1.29 is 37.5 Å². The second kappa shape index (κ2) is 7.37. The second-order valence-corrected chi connectivity index (χ2v) is 8.93. The summed E-state index contributed by atoms with van der Waals surface area (Å²) < 4.78 is 50.0. The third-order valence-electron chi connectivity index (χ3n) is 5.23. The number of halogens is 1. The van der Waals surface area contributed by atoms with Gasteiger partial charge < -0.3 is 29.8 Å². The fourth-order valence-electron chi connectivity index (χ4n) is 3.60. The number of benzene rings is 1. The minimum absolute atomic E-state index is 0.0102. The van der Waals surface area contributed by atoms with Crippen molar-refractivity contribution in [3.63, 3.8) is 0 Å². The van der Waals surface area contributed by atoms with E-state index in [9.17, 15) is 19.6 Å². The number of phosphoric ester groups is 1. The van der Waals surface area contributed by atoms with E-state index in [4.69, 9.17) is 24.0 Å². The molecule has 2 aromatic heterocycles. The van der Waals surface area contributed by atoms with Gasteiger partial charge in [0.25, 0.3) is 11.4 Å². The van der Waals surface area contributed by atoms with Crippen LogP contribution in [0.15, 0.2) is 41.3 Å². The molecule has 14 heteroatoms. The maximum Gasteiger partial charge on any atom is 0.530 e. The van der Waals surface area contributed by atoms with Crippen LogP contribution >= 0.6 is 7.82 Å².